The molecule has 2 heterocycles. The van der Waals surface area contributed by atoms with Crippen LogP contribution in [0.3, 0.4) is 0 Å². The Hall–Kier alpha value is -0.550. The molecule has 3 rings (SSSR count). The van der Waals surface area contributed by atoms with E-state index in [0.29, 0.717) is 6.42 Å². The molecule has 92 valence electrons. The van der Waals surface area contributed by atoms with Gasteiger partial charge in [0.2, 0.25) is 0 Å². The predicted molar refractivity (Wildman–Crippen MR) is 73.5 cm³/mol. The van der Waals surface area contributed by atoms with Crippen molar-refractivity contribution in [3.8, 4) is 0 Å². The highest BCUT2D eigenvalue weighted by Crippen LogP contribution is 2.32. The molecule has 0 amide bonds. The zero-order valence-corrected chi connectivity index (χ0v) is 11.4. The van der Waals surface area contributed by atoms with Crippen molar-refractivity contribution in [3.05, 3.63) is 10.6 Å². The first kappa shape index (κ1) is 11.5. The molecule has 0 aromatic carbocycles. The van der Waals surface area contributed by atoms with E-state index in [1.54, 1.807) is 11.3 Å². The summed E-state index contributed by atoms with van der Waals surface area (Å²) in [7, 11) is 0. The lowest BCUT2D eigenvalue weighted by atomic mass is 10.0. The van der Waals surface area contributed by atoms with Crippen LogP contribution in [0.25, 0.3) is 0 Å². The van der Waals surface area contributed by atoms with Gasteiger partial charge in [0.25, 0.3) is 0 Å². The molecule has 1 fully saturated rings. The van der Waals surface area contributed by atoms with Crippen LogP contribution in [0.5, 0.6) is 0 Å². The molecule has 0 atom stereocenters. The Morgan fingerprint density at radius 2 is 2.06 bits per heavy atom. The Balaban J connectivity index is 1.85. The van der Waals surface area contributed by atoms with Crippen LogP contribution in [0.1, 0.15) is 34.6 Å². The second kappa shape index (κ2) is 4.98. The van der Waals surface area contributed by atoms with Crippen LogP contribution in [0, 0.1) is 0 Å². The zero-order valence-electron chi connectivity index (χ0n) is 9.78. The quantitative estimate of drug-likeness (QED) is 0.784. The van der Waals surface area contributed by atoms with Crippen LogP contribution < -0.4 is 4.90 Å². The summed E-state index contributed by atoms with van der Waals surface area (Å²) in [6.45, 7) is 2.17. The van der Waals surface area contributed by atoms with E-state index in [1.165, 1.54) is 22.8 Å². The van der Waals surface area contributed by atoms with Gasteiger partial charge in [-0.2, -0.15) is 11.8 Å². The number of aryl methyl sites for hydroxylation is 1. The number of ketones is 1. The molecule has 2 aliphatic rings. The number of anilines is 1. The monoisotopic (exact) mass is 268 g/mol. The van der Waals surface area contributed by atoms with E-state index in [-0.39, 0.29) is 5.78 Å². The minimum atomic E-state index is 0.248. The minimum Gasteiger partial charge on any atom is -0.347 e. The van der Waals surface area contributed by atoms with Crippen molar-refractivity contribution in [2.45, 2.75) is 25.7 Å². The van der Waals surface area contributed by atoms with Crippen LogP contribution in [0.15, 0.2) is 0 Å². The number of nitrogens with zero attached hydrogens (tertiary/aromatic N) is 2. The van der Waals surface area contributed by atoms with Gasteiger partial charge in [-0.15, -0.1) is 11.3 Å². The van der Waals surface area contributed by atoms with Crippen LogP contribution in [-0.4, -0.2) is 35.4 Å². The number of hydrogen-bond donors (Lipinski definition) is 0. The molecule has 5 heteroatoms. The fourth-order valence-electron chi connectivity index (χ4n) is 2.33. The third kappa shape index (κ3) is 2.36. The van der Waals surface area contributed by atoms with E-state index in [1.807, 2.05) is 11.8 Å². The topological polar surface area (TPSA) is 33.2 Å². The van der Waals surface area contributed by atoms with Crippen molar-refractivity contribution >= 4 is 34.0 Å². The van der Waals surface area contributed by atoms with Crippen molar-refractivity contribution < 1.29 is 4.79 Å². The van der Waals surface area contributed by atoms with Gasteiger partial charge >= 0.3 is 0 Å². The SMILES string of the molecule is O=C1CCCc2sc(N3CCCSCC3)nc21. The zero-order chi connectivity index (χ0) is 11.7. The Kier molecular flexibility index (Phi) is 3.38. The molecule has 0 saturated carbocycles. The molecule has 0 bridgehead atoms. The molecule has 1 aliphatic carbocycles. The molecule has 0 spiro atoms. The first-order valence-corrected chi connectivity index (χ1v) is 8.17. The number of aromatic nitrogens is 1. The number of carbonyl (C=O) groups excluding carboxylic acids is 1. The fourth-order valence-corrected chi connectivity index (χ4v) is 4.39. The van der Waals surface area contributed by atoms with Gasteiger partial charge in [0.15, 0.2) is 10.9 Å². The molecule has 17 heavy (non-hydrogen) atoms. The maximum atomic E-state index is 11.8. The standard InChI is InChI=1S/C12H16N2OS2/c15-9-3-1-4-10-11(9)13-12(17-10)14-5-2-7-16-8-6-14/h1-8H2. The lowest BCUT2D eigenvalue weighted by molar-refractivity contribution is 0.0968. The Labute approximate surface area is 110 Å². The highest BCUT2D eigenvalue weighted by atomic mass is 32.2. The molecule has 0 radical (unpaired) electrons. The van der Waals surface area contributed by atoms with E-state index in [2.05, 4.69) is 9.88 Å². The molecule has 1 aromatic heterocycles. The fraction of sp³-hybridized carbons (Fsp3) is 0.667. The number of fused-ring (bicyclic) bond motifs is 1. The molecule has 1 aliphatic heterocycles. The van der Waals surface area contributed by atoms with Gasteiger partial charge in [0.05, 0.1) is 0 Å². The summed E-state index contributed by atoms with van der Waals surface area (Å²) in [5, 5.41) is 1.08. The molecular weight excluding hydrogens is 252 g/mol. The molecule has 1 aromatic rings. The summed E-state index contributed by atoms with van der Waals surface area (Å²) >= 11 is 3.76. The van der Waals surface area contributed by atoms with E-state index in [4.69, 9.17) is 0 Å². The second-order valence-electron chi connectivity index (χ2n) is 4.50. The minimum absolute atomic E-state index is 0.248. The summed E-state index contributed by atoms with van der Waals surface area (Å²) in [5.74, 6) is 2.68. The maximum Gasteiger partial charge on any atom is 0.186 e. The molecule has 3 nitrogen and oxygen atoms in total. The van der Waals surface area contributed by atoms with Crippen LogP contribution in [-0.2, 0) is 6.42 Å². The maximum absolute atomic E-state index is 11.8. The predicted octanol–water partition coefficient (Wildman–Crippen LogP) is 2.61. The van der Waals surface area contributed by atoms with Crippen LogP contribution in [0.2, 0.25) is 0 Å². The van der Waals surface area contributed by atoms with E-state index < -0.39 is 0 Å². The van der Waals surface area contributed by atoms with Gasteiger partial charge in [-0.3, -0.25) is 4.79 Å². The lowest BCUT2D eigenvalue weighted by Gasteiger charge is -2.18. The van der Waals surface area contributed by atoms with Gasteiger partial charge in [0, 0.05) is 30.1 Å². The van der Waals surface area contributed by atoms with Gasteiger partial charge in [-0.25, -0.2) is 4.98 Å². The van der Waals surface area contributed by atoms with Gasteiger partial charge in [-0.05, 0) is 25.0 Å². The van der Waals surface area contributed by atoms with Gasteiger partial charge in [-0.1, -0.05) is 0 Å². The third-order valence-corrected chi connectivity index (χ3v) is 5.48. The number of thioether (sulfide) groups is 1. The van der Waals surface area contributed by atoms with Crippen molar-refractivity contribution in [1.82, 2.24) is 4.98 Å². The van der Waals surface area contributed by atoms with E-state index in [0.717, 1.165) is 36.8 Å². The number of thiazole rings is 1. The average Bonchev–Trinajstić information content (AvgIpc) is 2.59. The average molecular weight is 268 g/mol. The first-order chi connectivity index (χ1) is 8.34. The summed E-state index contributed by atoms with van der Waals surface area (Å²) < 4.78 is 0. The Morgan fingerprint density at radius 1 is 1.12 bits per heavy atom. The second-order valence-corrected chi connectivity index (χ2v) is 6.78. The first-order valence-electron chi connectivity index (χ1n) is 6.20. The normalized spacial score (nSPS) is 21.2. The summed E-state index contributed by atoms with van der Waals surface area (Å²) in [6.07, 6.45) is 3.96. The number of rotatable bonds is 1. The van der Waals surface area contributed by atoms with Crippen molar-refractivity contribution in [2.75, 3.05) is 29.5 Å². The van der Waals surface area contributed by atoms with Crippen LogP contribution >= 0.6 is 23.1 Å². The summed E-state index contributed by atoms with van der Waals surface area (Å²) in [6, 6.07) is 0. The smallest absolute Gasteiger partial charge is 0.186 e. The van der Waals surface area contributed by atoms with Crippen molar-refractivity contribution in [1.29, 1.82) is 0 Å². The van der Waals surface area contributed by atoms with Crippen LogP contribution in [0.4, 0.5) is 5.13 Å². The number of carbonyl (C=O) groups is 1. The third-order valence-electron chi connectivity index (χ3n) is 3.25. The van der Waals surface area contributed by atoms with Gasteiger partial charge < -0.3 is 4.90 Å². The summed E-state index contributed by atoms with van der Waals surface area (Å²) in [5.41, 5.74) is 0.771. The van der Waals surface area contributed by atoms with Crippen molar-refractivity contribution in [3.63, 3.8) is 0 Å². The van der Waals surface area contributed by atoms with E-state index in [9.17, 15) is 4.79 Å². The highest BCUT2D eigenvalue weighted by molar-refractivity contribution is 7.99. The van der Waals surface area contributed by atoms with Gasteiger partial charge in [0.1, 0.15) is 5.69 Å². The largest absolute Gasteiger partial charge is 0.347 e. The molecule has 0 unspecified atom stereocenters. The Morgan fingerprint density at radius 3 is 2.94 bits per heavy atom. The van der Waals surface area contributed by atoms with Crippen molar-refractivity contribution in [2.24, 2.45) is 0 Å². The van der Waals surface area contributed by atoms with E-state index >= 15 is 0 Å². The molecule has 0 N–H and O–H groups in total. The highest BCUT2D eigenvalue weighted by Gasteiger charge is 2.24. The summed E-state index contributed by atoms with van der Waals surface area (Å²) in [4.78, 5) is 19.9. The Bertz CT molecular complexity index is 422. The molecule has 1 saturated heterocycles. The number of hydrogen-bond acceptors (Lipinski definition) is 5. The lowest BCUT2D eigenvalue weighted by Crippen LogP contribution is -2.25. The molecular formula is C12H16N2OS2. The number of Topliss-reactive ketones (excluding diaryl/α,β-unsaturated/α-hetero) is 1.